The van der Waals surface area contributed by atoms with Crippen LogP contribution in [0.5, 0.6) is 0 Å². The first kappa shape index (κ1) is 20.2. The predicted octanol–water partition coefficient (Wildman–Crippen LogP) is 5.05. The molecule has 1 aromatic carbocycles. The standard InChI is InChI=1S/C18H29NO4Si/c1-13(2)12-22-17(21)19-15-10-8-14(9-11-15)16(20)23-24(6,7)18(3,4)5/h8-11,13H,12H2,1-7H3,(H,19,21). The summed E-state index contributed by atoms with van der Waals surface area (Å²) in [6, 6.07) is 6.62. The van der Waals surface area contributed by atoms with Crippen molar-refractivity contribution in [1.82, 2.24) is 0 Å². The van der Waals surface area contributed by atoms with Crippen LogP contribution in [0.25, 0.3) is 0 Å². The normalized spacial score (nSPS) is 12.0. The van der Waals surface area contributed by atoms with Crippen molar-refractivity contribution in [1.29, 1.82) is 0 Å². The number of ether oxygens (including phenoxy) is 1. The zero-order valence-corrected chi connectivity index (χ0v) is 16.7. The zero-order valence-electron chi connectivity index (χ0n) is 15.7. The van der Waals surface area contributed by atoms with E-state index in [-0.39, 0.29) is 16.9 Å². The van der Waals surface area contributed by atoms with E-state index in [1.807, 2.05) is 26.9 Å². The molecule has 0 saturated carbocycles. The van der Waals surface area contributed by atoms with Crippen LogP contribution in [0.1, 0.15) is 45.0 Å². The Balaban J connectivity index is 2.67. The highest BCUT2D eigenvalue weighted by Crippen LogP contribution is 2.37. The minimum atomic E-state index is -2.15. The number of nitrogens with one attached hydrogen (secondary N) is 1. The van der Waals surface area contributed by atoms with Crippen LogP contribution in [0.15, 0.2) is 24.3 Å². The van der Waals surface area contributed by atoms with Crippen LogP contribution in [0.3, 0.4) is 0 Å². The summed E-state index contributed by atoms with van der Waals surface area (Å²) in [7, 11) is -2.15. The van der Waals surface area contributed by atoms with Gasteiger partial charge in [-0.25, -0.2) is 9.59 Å². The molecule has 0 fully saturated rings. The topological polar surface area (TPSA) is 64.6 Å². The molecule has 24 heavy (non-hydrogen) atoms. The Morgan fingerprint density at radius 2 is 1.67 bits per heavy atom. The minimum absolute atomic E-state index is 0.0374. The van der Waals surface area contributed by atoms with E-state index in [9.17, 15) is 9.59 Å². The first-order valence-corrected chi connectivity index (χ1v) is 11.1. The van der Waals surface area contributed by atoms with Crippen LogP contribution in [-0.2, 0) is 9.16 Å². The van der Waals surface area contributed by atoms with Crippen molar-refractivity contribution in [2.45, 2.75) is 52.8 Å². The maximum atomic E-state index is 12.3. The quantitative estimate of drug-likeness (QED) is 0.754. The molecule has 6 heteroatoms. The van der Waals surface area contributed by atoms with Gasteiger partial charge in [0.2, 0.25) is 0 Å². The summed E-state index contributed by atoms with van der Waals surface area (Å²) in [6.07, 6.45) is -0.500. The number of hydrogen-bond donors (Lipinski definition) is 1. The molecule has 0 saturated heterocycles. The van der Waals surface area contributed by atoms with Crippen LogP contribution in [0, 0.1) is 5.92 Å². The van der Waals surface area contributed by atoms with Gasteiger partial charge in [0, 0.05) is 5.69 Å². The molecule has 134 valence electrons. The minimum Gasteiger partial charge on any atom is -0.516 e. The van der Waals surface area contributed by atoms with Crippen molar-refractivity contribution >= 4 is 26.1 Å². The van der Waals surface area contributed by atoms with Gasteiger partial charge >= 0.3 is 12.1 Å². The monoisotopic (exact) mass is 351 g/mol. The highest BCUT2D eigenvalue weighted by Gasteiger charge is 2.40. The molecule has 1 N–H and O–H groups in total. The molecule has 5 nitrogen and oxygen atoms in total. The molecule has 0 radical (unpaired) electrons. The Hall–Kier alpha value is -1.82. The molecule has 0 aromatic heterocycles. The van der Waals surface area contributed by atoms with Crippen molar-refractivity contribution in [2.24, 2.45) is 5.92 Å². The van der Waals surface area contributed by atoms with E-state index in [1.165, 1.54) is 0 Å². The smallest absolute Gasteiger partial charge is 0.411 e. The maximum Gasteiger partial charge on any atom is 0.411 e. The molecule has 1 rings (SSSR count). The Kier molecular flexibility index (Phi) is 6.60. The van der Waals surface area contributed by atoms with Crippen molar-refractivity contribution in [3.05, 3.63) is 29.8 Å². The van der Waals surface area contributed by atoms with Gasteiger partial charge in [-0.15, -0.1) is 0 Å². The third kappa shape index (κ3) is 6.00. The summed E-state index contributed by atoms with van der Waals surface area (Å²) in [6.45, 7) is 14.6. The van der Waals surface area contributed by atoms with Gasteiger partial charge in [0.15, 0.2) is 0 Å². The van der Waals surface area contributed by atoms with E-state index < -0.39 is 14.4 Å². The zero-order chi connectivity index (χ0) is 18.5. The number of rotatable bonds is 5. The number of carbonyl (C=O) groups excluding carboxylic acids is 2. The fraction of sp³-hybridized carbons (Fsp3) is 0.556. The molecule has 0 aliphatic carbocycles. The summed E-state index contributed by atoms with van der Waals surface area (Å²) in [5.41, 5.74) is 1.05. The predicted molar refractivity (Wildman–Crippen MR) is 98.9 cm³/mol. The van der Waals surface area contributed by atoms with Crippen LogP contribution in [-0.4, -0.2) is 27.0 Å². The number of amides is 1. The average molecular weight is 352 g/mol. The second kappa shape index (κ2) is 7.83. The Bertz CT molecular complexity index is 574. The number of carbonyl (C=O) groups is 2. The van der Waals surface area contributed by atoms with E-state index >= 15 is 0 Å². The molecule has 0 bridgehead atoms. The Labute approximate surface area is 145 Å². The number of hydrogen-bond acceptors (Lipinski definition) is 4. The van der Waals surface area contributed by atoms with Gasteiger partial charge in [0.05, 0.1) is 12.2 Å². The van der Waals surface area contributed by atoms with Crippen LogP contribution in [0.4, 0.5) is 10.5 Å². The lowest BCUT2D eigenvalue weighted by Gasteiger charge is -2.35. The molecule has 0 heterocycles. The maximum absolute atomic E-state index is 12.3. The van der Waals surface area contributed by atoms with E-state index in [0.29, 0.717) is 17.9 Å². The molecular weight excluding hydrogens is 322 g/mol. The summed E-state index contributed by atoms with van der Waals surface area (Å²) in [4.78, 5) is 23.9. The number of anilines is 1. The van der Waals surface area contributed by atoms with E-state index in [0.717, 1.165) is 0 Å². The molecule has 0 atom stereocenters. The van der Waals surface area contributed by atoms with E-state index in [1.54, 1.807) is 24.3 Å². The largest absolute Gasteiger partial charge is 0.516 e. The summed E-state index contributed by atoms with van der Waals surface area (Å²) in [5, 5.41) is 2.59. The van der Waals surface area contributed by atoms with E-state index in [2.05, 4.69) is 26.1 Å². The highest BCUT2D eigenvalue weighted by atomic mass is 28.4. The molecule has 0 unspecified atom stereocenters. The van der Waals surface area contributed by atoms with Gasteiger partial charge in [-0.1, -0.05) is 34.6 Å². The van der Waals surface area contributed by atoms with Crippen molar-refractivity contribution in [3.8, 4) is 0 Å². The van der Waals surface area contributed by atoms with E-state index in [4.69, 9.17) is 9.16 Å². The molecule has 0 aliphatic rings. The van der Waals surface area contributed by atoms with Gasteiger partial charge < -0.3 is 9.16 Å². The molecule has 1 aromatic rings. The van der Waals surface area contributed by atoms with Crippen LogP contribution < -0.4 is 5.32 Å². The average Bonchev–Trinajstić information content (AvgIpc) is 2.44. The number of benzene rings is 1. The lowest BCUT2D eigenvalue weighted by Crippen LogP contribution is -2.42. The molecule has 0 spiro atoms. The van der Waals surface area contributed by atoms with Gasteiger partial charge in [-0.2, -0.15) is 0 Å². The summed E-state index contributed by atoms with van der Waals surface area (Å²) in [5.74, 6) is -0.0428. The van der Waals surface area contributed by atoms with Crippen molar-refractivity contribution < 1.29 is 18.8 Å². The fourth-order valence-electron chi connectivity index (χ4n) is 1.53. The van der Waals surface area contributed by atoms with Gasteiger partial charge in [0.1, 0.15) is 0 Å². The lowest BCUT2D eigenvalue weighted by atomic mass is 10.2. The SMILES string of the molecule is CC(C)COC(=O)Nc1ccc(C(=O)O[Si](C)(C)C(C)(C)C)cc1. The second-order valence-electron chi connectivity index (χ2n) is 7.84. The summed E-state index contributed by atoms with van der Waals surface area (Å²) < 4.78 is 10.8. The fourth-order valence-corrected chi connectivity index (χ4v) is 2.42. The molecule has 1 amide bonds. The third-order valence-electron chi connectivity index (χ3n) is 4.07. The van der Waals surface area contributed by atoms with Crippen LogP contribution >= 0.6 is 0 Å². The lowest BCUT2D eigenvalue weighted by molar-refractivity contribution is 0.0712. The Morgan fingerprint density at radius 1 is 1.12 bits per heavy atom. The third-order valence-corrected chi connectivity index (χ3v) is 8.38. The van der Waals surface area contributed by atoms with Gasteiger partial charge in [-0.3, -0.25) is 5.32 Å². The van der Waals surface area contributed by atoms with Crippen molar-refractivity contribution in [2.75, 3.05) is 11.9 Å². The van der Waals surface area contributed by atoms with Gasteiger partial charge in [0.25, 0.3) is 8.32 Å². The second-order valence-corrected chi connectivity index (χ2v) is 12.6. The molecule has 0 aliphatic heterocycles. The summed E-state index contributed by atoms with van der Waals surface area (Å²) >= 11 is 0. The Morgan fingerprint density at radius 3 is 2.12 bits per heavy atom. The highest BCUT2D eigenvalue weighted by molar-refractivity contribution is 6.75. The first-order chi connectivity index (χ1) is 10.9. The van der Waals surface area contributed by atoms with Crippen molar-refractivity contribution in [3.63, 3.8) is 0 Å². The van der Waals surface area contributed by atoms with Gasteiger partial charge in [-0.05, 0) is 48.3 Å². The molecular formula is C18H29NO4Si. The van der Waals surface area contributed by atoms with Crippen LogP contribution in [0.2, 0.25) is 18.1 Å². The first-order valence-electron chi connectivity index (χ1n) is 8.19.